The van der Waals surface area contributed by atoms with Gasteiger partial charge in [0.05, 0.1) is 22.2 Å². The molecule has 0 unspecified atom stereocenters. The van der Waals surface area contributed by atoms with E-state index in [1.165, 1.54) is 25.1 Å². The third-order valence-corrected chi connectivity index (χ3v) is 7.03. The molecule has 3 aliphatic carbocycles. The predicted molar refractivity (Wildman–Crippen MR) is 116 cm³/mol. The SMILES string of the molecule is CC(=O)c1ccc(O)c2c1C[C@@]1(N)C[C@H]3[C@H](N(C)C)C=C(C(N)=O)C(=O)[C@@]3(O)C(=O)C1=C2O. The molecule has 33 heavy (non-hydrogen) atoms. The van der Waals surface area contributed by atoms with Crippen LogP contribution in [0.5, 0.6) is 5.75 Å². The van der Waals surface area contributed by atoms with Gasteiger partial charge in [-0.25, -0.2) is 0 Å². The lowest BCUT2D eigenvalue weighted by Gasteiger charge is -2.53. The van der Waals surface area contributed by atoms with Gasteiger partial charge in [0.2, 0.25) is 11.6 Å². The summed E-state index contributed by atoms with van der Waals surface area (Å²) in [6.45, 7) is 1.33. The average Bonchev–Trinajstić information content (AvgIpc) is 2.69. The number of phenols is 1. The highest BCUT2D eigenvalue weighted by molar-refractivity contribution is 6.33. The van der Waals surface area contributed by atoms with Gasteiger partial charge in [-0.15, -0.1) is 0 Å². The number of aliphatic hydroxyl groups is 2. The molecular formula is C23H25N3O7. The van der Waals surface area contributed by atoms with Gasteiger partial charge in [0.1, 0.15) is 11.5 Å². The zero-order chi connectivity index (χ0) is 24.6. The van der Waals surface area contributed by atoms with Crippen LogP contribution in [0, 0.1) is 5.92 Å². The number of phenolic OH excluding ortho intramolecular Hbond substituents is 1. The maximum Gasteiger partial charge on any atom is 0.252 e. The Morgan fingerprint density at radius 1 is 1.15 bits per heavy atom. The summed E-state index contributed by atoms with van der Waals surface area (Å²) in [6, 6.07) is 1.87. The molecule has 0 bridgehead atoms. The molecule has 1 saturated carbocycles. The van der Waals surface area contributed by atoms with Crippen molar-refractivity contribution < 1.29 is 34.5 Å². The number of amides is 1. The lowest BCUT2D eigenvalue weighted by molar-refractivity contribution is -0.160. The summed E-state index contributed by atoms with van der Waals surface area (Å²) in [4.78, 5) is 52.6. The number of hydrogen-bond acceptors (Lipinski definition) is 9. The Morgan fingerprint density at radius 2 is 1.79 bits per heavy atom. The van der Waals surface area contributed by atoms with E-state index in [4.69, 9.17) is 11.5 Å². The first-order valence-corrected chi connectivity index (χ1v) is 10.3. The van der Waals surface area contributed by atoms with E-state index in [0.717, 1.165) is 0 Å². The van der Waals surface area contributed by atoms with E-state index in [1.54, 1.807) is 19.0 Å². The molecule has 0 saturated heterocycles. The van der Waals surface area contributed by atoms with Gasteiger partial charge in [-0.05, 0) is 51.6 Å². The summed E-state index contributed by atoms with van der Waals surface area (Å²) in [5.74, 6) is -5.87. The number of carbonyl (C=O) groups is 4. The van der Waals surface area contributed by atoms with Gasteiger partial charge in [0.25, 0.3) is 5.91 Å². The van der Waals surface area contributed by atoms with E-state index in [9.17, 15) is 34.5 Å². The van der Waals surface area contributed by atoms with Gasteiger partial charge in [0.15, 0.2) is 11.4 Å². The van der Waals surface area contributed by atoms with E-state index in [-0.39, 0.29) is 41.1 Å². The van der Waals surface area contributed by atoms with Crippen molar-refractivity contribution in [2.24, 2.45) is 17.4 Å². The minimum Gasteiger partial charge on any atom is -0.507 e. The summed E-state index contributed by atoms with van der Waals surface area (Å²) in [5, 5.41) is 33.0. The summed E-state index contributed by atoms with van der Waals surface area (Å²) in [5.41, 5.74) is 7.19. The third-order valence-electron chi connectivity index (χ3n) is 7.03. The van der Waals surface area contributed by atoms with Crippen LogP contribution in [0.4, 0.5) is 0 Å². The second kappa shape index (κ2) is 7.08. The van der Waals surface area contributed by atoms with Crippen molar-refractivity contribution in [2.45, 2.75) is 36.9 Å². The summed E-state index contributed by atoms with van der Waals surface area (Å²) in [6.07, 6.45) is 1.10. The topological polar surface area (TPSA) is 184 Å². The van der Waals surface area contributed by atoms with Crippen LogP contribution in [0.2, 0.25) is 0 Å². The van der Waals surface area contributed by atoms with Crippen molar-refractivity contribution in [2.75, 3.05) is 14.1 Å². The predicted octanol–water partition coefficient (Wildman–Crippen LogP) is -0.638. The lowest BCUT2D eigenvalue weighted by Crippen LogP contribution is -2.71. The normalized spacial score (nSPS) is 31.0. The number of ketones is 3. The second-order valence-corrected chi connectivity index (χ2v) is 9.23. The largest absolute Gasteiger partial charge is 0.507 e. The highest BCUT2D eigenvalue weighted by Crippen LogP contribution is 2.52. The Balaban J connectivity index is 2.01. The van der Waals surface area contributed by atoms with Crippen LogP contribution < -0.4 is 11.5 Å². The van der Waals surface area contributed by atoms with Crippen LogP contribution in [-0.2, 0) is 20.8 Å². The van der Waals surface area contributed by atoms with Gasteiger partial charge in [-0.3, -0.25) is 19.2 Å². The molecule has 1 aromatic carbocycles. The van der Waals surface area contributed by atoms with Gasteiger partial charge >= 0.3 is 0 Å². The van der Waals surface area contributed by atoms with Crippen molar-refractivity contribution in [3.8, 4) is 5.75 Å². The zero-order valence-corrected chi connectivity index (χ0v) is 18.4. The van der Waals surface area contributed by atoms with Crippen LogP contribution in [0.25, 0.3) is 5.76 Å². The first kappa shape index (κ1) is 22.8. The number of benzene rings is 1. The molecule has 1 amide bonds. The first-order valence-electron chi connectivity index (χ1n) is 10.3. The number of nitrogens with two attached hydrogens (primary N) is 2. The molecule has 0 aromatic heterocycles. The van der Waals surface area contributed by atoms with Crippen molar-refractivity contribution in [3.05, 3.63) is 46.0 Å². The Bertz CT molecular complexity index is 1210. The van der Waals surface area contributed by atoms with Crippen LogP contribution >= 0.6 is 0 Å². The smallest absolute Gasteiger partial charge is 0.252 e. The molecule has 0 aliphatic heterocycles. The van der Waals surface area contributed by atoms with Crippen molar-refractivity contribution in [3.63, 3.8) is 0 Å². The minimum absolute atomic E-state index is 0.0932. The van der Waals surface area contributed by atoms with Gasteiger partial charge < -0.3 is 31.7 Å². The standard InChI is InChI=1S/C23H25N3O7/c1-9(27)10-4-5-15(28)16-12(10)7-22(25)8-13-14(26(2)3)6-11(21(24)32)19(30)23(13,33)20(31)17(22)18(16)29/h4-6,13-14,28-29,33H,7-8,25H2,1-3H3,(H2,24,32)/t13-,14+,22+,23+/m0/s1. The van der Waals surface area contributed by atoms with E-state index in [1.807, 2.05) is 0 Å². The van der Waals surface area contributed by atoms with Gasteiger partial charge in [0, 0.05) is 17.5 Å². The van der Waals surface area contributed by atoms with E-state index in [2.05, 4.69) is 0 Å². The Labute approximate surface area is 189 Å². The molecule has 10 nitrogen and oxygen atoms in total. The number of aromatic hydroxyl groups is 1. The average molecular weight is 455 g/mol. The molecule has 4 rings (SSSR count). The molecular weight excluding hydrogens is 430 g/mol. The van der Waals surface area contributed by atoms with Gasteiger partial charge in [-0.1, -0.05) is 6.08 Å². The molecule has 4 atom stereocenters. The zero-order valence-electron chi connectivity index (χ0n) is 18.4. The summed E-state index contributed by atoms with van der Waals surface area (Å²) in [7, 11) is 3.29. The molecule has 0 radical (unpaired) electrons. The quantitative estimate of drug-likeness (QED) is 0.225. The highest BCUT2D eigenvalue weighted by atomic mass is 16.3. The molecule has 7 N–H and O–H groups in total. The monoisotopic (exact) mass is 455 g/mol. The van der Waals surface area contributed by atoms with Crippen molar-refractivity contribution >= 4 is 29.0 Å². The third kappa shape index (κ3) is 2.91. The van der Waals surface area contributed by atoms with Crippen LogP contribution in [0.15, 0.2) is 29.4 Å². The van der Waals surface area contributed by atoms with Crippen molar-refractivity contribution in [1.82, 2.24) is 4.90 Å². The summed E-state index contributed by atoms with van der Waals surface area (Å²) >= 11 is 0. The number of rotatable bonds is 3. The molecule has 1 aromatic rings. The molecule has 1 fully saturated rings. The fraction of sp³-hybridized carbons (Fsp3) is 0.391. The van der Waals surface area contributed by atoms with Crippen LogP contribution in [0.1, 0.15) is 34.8 Å². The Kier molecular flexibility index (Phi) is 4.90. The number of primary amides is 1. The molecule has 0 spiro atoms. The molecule has 174 valence electrons. The van der Waals surface area contributed by atoms with Gasteiger partial charge in [-0.2, -0.15) is 0 Å². The van der Waals surface area contributed by atoms with Crippen LogP contribution in [0.3, 0.4) is 0 Å². The molecule has 10 heteroatoms. The maximum absolute atomic E-state index is 13.7. The fourth-order valence-electron chi connectivity index (χ4n) is 5.50. The maximum atomic E-state index is 13.7. The number of aliphatic hydroxyl groups excluding tert-OH is 1. The van der Waals surface area contributed by atoms with E-state index < -0.39 is 57.5 Å². The van der Waals surface area contributed by atoms with E-state index >= 15 is 0 Å². The fourth-order valence-corrected chi connectivity index (χ4v) is 5.50. The van der Waals surface area contributed by atoms with Crippen LogP contribution in [-0.4, -0.2) is 74.8 Å². The number of likely N-dealkylation sites (N-methyl/N-ethyl adjacent to an activating group) is 1. The lowest BCUT2D eigenvalue weighted by atomic mass is 9.54. The number of carbonyl (C=O) groups excluding carboxylic acids is 4. The van der Waals surface area contributed by atoms with E-state index in [0.29, 0.717) is 0 Å². The Morgan fingerprint density at radius 3 is 2.33 bits per heavy atom. The Hall–Kier alpha value is -3.34. The number of nitrogens with zero attached hydrogens (tertiary/aromatic N) is 1. The van der Waals surface area contributed by atoms with Crippen molar-refractivity contribution in [1.29, 1.82) is 0 Å². The highest BCUT2D eigenvalue weighted by Gasteiger charge is 2.66. The summed E-state index contributed by atoms with van der Waals surface area (Å²) < 4.78 is 0. The number of hydrogen-bond donors (Lipinski definition) is 5. The second-order valence-electron chi connectivity index (χ2n) is 9.23. The first-order chi connectivity index (χ1) is 15.3. The number of Topliss-reactive ketones (excluding diaryl/α,β-unsaturated/α-hetero) is 3. The minimum atomic E-state index is -2.69. The number of fused-ring (bicyclic) bond motifs is 3. The molecule has 3 aliphatic rings. The molecule has 0 heterocycles.